The van der Waals surface area contributed by atoms with Crippen LogP contribution in [0.4, 0.5) is 5.69 Å². The van der Waals surface area contributed by atoms with Crippen molar-refractivity contribution in [1.82, 2.24) is 0 Å². The van der Waals surface area contributed by atoms with Gasteiger partial charge in [0.25, 0.3) is 0 Å². The fourth-order valence-corrected chi connectivity index (χ4v) is 3.13. The third-order valence-corrected chi connectivity index (χ3v) is 4.24. The molecule has 3 nitrogen and oxygen atoms in total. The van der Waals surface area contributed by atoms with Crippen LogP contribution < -0.4 is 10.1 Å². The Morgan fingerprint density at radius 1 is 1.09 bits per heavy atom. The van der Waals surface area contributed by atoms with Gasteiger partial charge in [-0.1, -0.05) is 30.3 Å². The SMILES string of the molecule is CCOc1ccccc1NC(=O)Cc1ccc2c(c1)CCCC2. The summed E-state index contributed by atoms with van der Waals surface area (Å²) >= 11 is 0. The number of rotatable bonds is 5. The number of ether oxygens (including phenoxy) is 1. The Kier molecular flexibility index (Phi) is 4.96. The first kappa shape index (κ1) is 15.6. The van der Waals surface area contributed by atoms with Gasteiger partial charge in [0, 0.05) is 0 Å². The number of amides is 1. The quantitative estimate of drug-likeness (QED) is 0.901. The predicted octanol–water partition coefficient (Wildman–Crippen LogP) is 4.15. The molecule has 1 N–H and O–H groups in total. The largest absolute Gasteiger partial charge is 0.492 e. The number of nitrogens with one attached hydrogen (secondary N) is 1. The third kappa shape index (κ3) is 3.92. The van der Waals surface area contributed by atoms with Crippen LogP contribution in [0.5, 0.6) is 5.75 Å². The summed E-state index contributed by atoms with van der Waals surface area (Å²) in [7, 11) is 0. The number of carbonyl (C=O) groups is 1. The molecule has 3 heteroatoms. The van der Waals surface area contributed by atoms with Crippen molar-refractivity contribution in [2.45, 2.75) is 39.0 Å². The first-order valence-electron chi connectivity index (χ1n) is 8.38. The normalized spacial score (nSPS) is 13.3. The van der Waals surface area contributed by atoms with Crippen LogP contribution in [0.25, 0.3) is 0 Å². The summed E-state index contributed by atoms with van der Waals surface area (Å²) < 4.78 is 5.55. The molecule has 0 unspecified atom stereocenters. The Labute approximate surface area is 137 Å². The molecule has 0 aromatic heterocycles. The van der Waals surface area contributed by atoms with Crippen LogP contribution in [0.3, 0.4) is 0 Å². The van der Waals surface area contributed by atoms with E-state index in [0.717, 1.165) is 17.7 Å². The molecule has 1 aliphatic carbocycles. The summed E-state index contributed by atoms with van der Waals surface area (Å²) in [5.74, 6) is 0.710. The topological polar surface area (TPSA) is 38.3 Å². The second kappa shape index (κ2) is 7.32. The van der Waals surface area contributed by atoms with E-state index in [1.165, 1.54) is 30.4 Å². The van der Waals surface area contributed by atoms with Crippen molar-refractivity contribution in [1.29, 1.82) is 0 Å². The number of hydrogen-bond donors (Lipinski definition) is 1. The van der Waals surface area contributed by atoms with E-state index in [-0.39, 0.29) is 5.91 Å². The highest BCUT2D eigenvalue weighted by atomic mass is 16.5. The third-order valence-electron chi connectivity index (χ3n) is 4.24. The first-order valence-corrected chi connectivity index (χ1v) is 8.38. The summed E-state index contributed by atoms with van der Waals surface area (Å²) in [5, 5.41) is 2.96. The van der Waals surface area contributed by atoms with Gasteiger partial charge in [0.2, 0.25) is 5.91 Å². The van der Waals surface area contributed by atoms with Crippen LogP contribution in [-0.2, 0) is 24.1 Å². The van der Waals surface area contributed by atoms with Crippen molar-refractivity contribution < 1.29 is 9.53 Å². The van der Waals surface area contributed by atoms with Crippen LogP contribution in [0.1, 0.15) is 36.5 Å². The second-order valence-corrected chi connectivity index (χ2v) is 5.96. The van der Waals surface area contributed by atoms with E-state index in [2.05, 4.69) is 23.5 Å². The minimum atomic E-state index is -0.00656. The van der Waals surface area contributed by atoms with E-state index in [1.54, 1.807) is 0 Å². The zero-order valence-electron chi connectivity index (χ0n) is 13.6. The van der Waals surface area contributed by atoms with Gasteiger partial charge < -0.3 is 10.1 Å². The average Bonchev–Trinajstić information content (AvgIpc) is 2.57. The van der Waals surface area contributed by atoms with E-state index >= 15 is 0 Å². The number of aryl methyl sites for hydroxylation is 2. The molecule has 2 aromatic carbocycles. The summed E-state index contributed by atoms with van der Waals surface area (Å²) in [5.41, 5.74) is 4.67. The smallest absolute Gasteiger partial charge is 0.228 e. The van der Waals surface area contributed by atoms with E-state index in [1.807, 2.05) is 31.2 Å². The molecule has 0 heterocycles. The van der Waals surface area contributed by atoms with E-state index in [9.17, 15) is 4.79 Å². The van der Waals surface area contributed by atoms with Gasteiger partial charge in [-0.15, -0.1) is 0 Å². The van der Waals surface area contributed by atoms with Gasteiger partial charge in [0.05, 0.1) is 18.7 Å². The van der Waals surface area contributed by atoms with Crippen LogP contribution in [0, 0.1) is 0 Å². The lowest BCUT2D eigenvalue weighted by atomic mass is 9.90. The van der Waals surface area contributed by atoms with E-state index in [0.29, 0.717) is 18.8 Å². The fraction of sp³-hybridized carbons (Fsp3) is 0.350. The number of fused-ring (bicyclic) bond motifs is 1. The average molecular weight is 309 g/mol. The van der Waals surface area contributed by atoms with Crippen LogP contribution in [-0.4, -0.2) is 12.5 Å². The minimum absolute atomic E-state index is 0.00656. The maximum absolute atomic E-state index is 12.3. The molecule has 0 spiro atoms. The molecule has 0 atom stereocenters. The molecule has 0 fully saturated rings. The monoisotopic (exact) mass is 309 g/mol. The van der Waals surface area contributed by atoms with Crippen molar-refractivity contribution in [3.8, 4) is 5.75 Å². The van der Waals surface area contributed by atoms with Crippen LogP contribution in [0.2, 0.25) is 0 Å². The number of anilines is 1. The van der Waals surface area contributed by atoms with Crippen molar-refractivity contribution in [3.05, 3.63) is 59.2 Å². The Balaban J connectivity index is 1.68. The predicted molar refractivity (Wildman–Crippen MR) is 93.0 cm³/mol. The number of carbonyl (C=O) groups excluding carboxylic acids is 1. The standard InChI is InChI=1S/C20H23NO2/c1-2-23-19-10-6-5-9-18(19)21-20(22)14-15-11-12-16-7-3-4-8-17(16)13-15/h5-6,9-13H,2-4,7-8,14H2,1H3,(H,21,22). The zero-order chi connectivity index (χ0) is 16.1. The lowest BCUT2D eigenvalue weighted by molar-refractivity contribution is -0.115. The van der Waals surface area contributed by atoms with Gasteiger partial charge in [-0.2, -0.15) is 0 Å². The van der Waals surface area contributed by atoms with Gasteiger partial charge in [-0.25, -0.2) is 0 Å². The molecule has 3 rings (SSSR count). The van der Waals surface area contributed by atoms with Crippen molar-refractivity contribution in [2.75, 3.05) is 11.9 Å². The number of benzene rings is 2. The van der Waals surface area contributed by atoms with Crippen molar-refractivity contribution in [2.24, 2.45) is 0 Å². The minimum Gasteiger partial charge on any atom is -0.492 e. The molecule has 0 aliphatic heterocycles. The molecule has 0 radical (unpaired) electrons. The first-order chi connectivity index (χ1) is 11.3. The van der Waals surface area contributed by atoms with Gasteiger partial charge in [-0.05, 0) is 61.4 Å². The maximum Gasteiger partial charge on any atom is 0.228 e. The fourth-order valence-electron chi connectivity index (χ4n) is 3.13. The zero-order valence-corrected chi connectivity index (χ0v) is 13.6. The van der Waals surface area contributed by atoms with E-state index < -0.39 is 0 Å². The highest BCUT2D eigenvalue weighted by Gasteiger charge is 2.12. The van der Waals surface area contributed by atoms with Gasteiger partial charge in [-0.3, -0.25) is 4.79 Å². The highest BCUT2D eigenvalue weighted by Crippen LogP contribution is 2.25. The maximum atomic E-state index is 12.3. The lowest BCUT2D eigenvalue weighted by Crippen LogP contribution is -2.15. The Morgan fingerprint density at radius 2 is 1.87 bits per heavy atom. The molecular weight excluding hydrogens is 286 g/mol. The molecule has 1 aliphatic rings. The summed E-state index contributed by atoms with van der Waals surface area (Å²) in [6.07, 6.45) is 5.24. The van der Waals surface area contributed by atoms with E-state index in [4.69, 9.17) is 4.74 Å². The Morgan fingerprint density at radius 3 is 2.70 bits per heavy atom. The van der Waals surface area contributed by atoms with Gasteiger partial charge >= 0.3 is 0 Å². The molecule has 23 heavy (non-hydrogen) atoms. The molecule has 1 amide bonds. The molecule has 0 saturated heterocycles. The summed E-state index contributed by atoms with van der Waals surface area (Å²) in [4.78, 5) is 12.3. The molecule has 0 bridgehead atoms. The van der Waals surface area contributed by atoms with Crippen molar-refractivity contribution >= 4 is 11.6 Å². The second-order valence-electron chi connectivity index (χ2n) is 5.96. The number of para-hydroxylation sites is 2. The summed E-state index contributed by atoms with van der Waals surface area (Å²) in [6, 6.07) is 14.0. The molecule has 120 valence electrons. The highest BCUT2D eigenvalue weighted by molar-refractivity contribution is 5.93. The van der Waals surface area contributed by atoms with Crippen LogP contribution >= 0.6 is 0 Å². The Hall–Kier alpha value is -2.29. The Bertz CT molecular complexity index is 694. The lowest BCUT2D eigenvalue weighted by Gasteiger charge is -2.16. The van der Waals surface area contributed by atoms with Gasteiger partial charge in [0.15, 0.2) is 0 Å². The molecule has 0 saturated carbocycles. The van der Waals surface area contributed by atoms with Gasteiger partial charge in [0.1, 0.15) is 5.75 Å². The summed E-state index contributed by atoms with van der Waals surface area (Å²) in [6.45, 7) is 2.52. The van der Waals surface area contributed by atoms with Crippen molar-refractivity contribution in [3.63, 3.8) is 0 Å². The number of hydrogen-bond acceptors (Lipinski definition) is 2. The molecule has 2 aromatic rings. The molecular formula is C20H23NO2. The van der Waals surface area contributed by atoms with Crippen LogP contribution in [0.15, 0.2) is 42.5 Å².